The monoisotopic (exact) mass is 277 g/mol. The van der Waals surface area contributed by atoms with Crippen LogP contribution in [0.1, 0.15) is 16.8 Å². The van der Waals surface area contributed by atoms with Crippen LogP contribution in [0.3, 0.4) is 0 Å². The van der Waals surface area contributed by atoms with Gasteiger partial charge in [0.2, 0.25) is 0 Å². The second-order valence-corrected chi connectivity index (χ2v) is 4.32. The molecule has 0 spiro atoms. The summed E-state index contributed by atoms with van der Waals surface area (Å²) in [5, 5.41) is 19.0. The number of amides is 1. The number of ether oxygens (including phenoxy) is 1. The van der Waals surface area contributed by atoms with E-state index < -0.39 is 17.9 Å². The molecule has 0 bridgehead atoms. The quantitative estimate of drug-likeness (QED) is 0.724. The molecule has 0 fully saturated rings. The normalized spacial score (nSPS) is 12.2. The number of aromatic amines is 1. The van der Waals surface area contributed by atoms with Gasteiger partial charge in [0.25, 0.3) is 5.91 Å². The Morgan fingerprint density at radius 3 is 3.00 bits per heavy atom. The van der Waals surface area contributed by atoms with E-state index in [1.54, 1.807) is 24.4 Å². The topological polar surface area (TPSA) is 104 Å². The Morgan fingerprint density at radius 1 is 1.50 bits per heavy atom. The standard InChI is InChI=1S/C13H15N3O4/c1-20-5-4-11(13(18)19)15-12(17)8-2-3-10-9(6-8)7-14-16-10/h2-3,6-7,11H,4-5H2,1H3,(H,14,16)(H,15,17)(H,18,19). The largest absolute Gasteiger partial charge is 0.480 e. The van der Waals surface area contributed by atoms with Crippen LogP contribution in [-0.4, -0.2) is 46.9 Å². The second kappa shape index (κ2) is 6.16. The average Bonchev–Trinajstić information content (AvgIpc) is 2.90. The third-order valence-corrected chi connectivity index (χ3v) is 2.92. The third-order valence-electron chi connectivity index (χ3n) is 2.92. The average molecular weight is 277 g/mol. The first kappa shape index (κ1) is 14.0. The fourth-order valence-corrected chi connectivity index (χ4v) is 1.82. The summed E-state index contributed by atoms with van der Waals surface area (Å²) < 4.78 is 4.83. The van der Waals surface area contributed by atoms with Gasteiger partial charge in [-0.25, -0.2) is 4.79 Å². The third kappa shape index (κ3) is 3.12. The van der Waals surface area contributed by atoms with Crippen LogP contribution in [0.5, 0.6) is 0 Å². The molecule has 7 nitrogen and oxygen atoms in total. The number of nitrogens with one attached hydrogen (secondary N) is 2. The van der Waals surface area contributed by atoms with Crippen LogP contribution >= 0.6 is 0 Å². The maximum atomic E-state index is 12.0. The first-order valence-electron chi connectivity index (χ1n) is 6.07. The number of carboxylic acids is 1. The molecular weight excluding hydrogens is 262 g/mol. The number of rotatable bonds is 6. The summed E-state index contributed by atoms with van der Waals surface area (Å²) in [6.07, 6.45) is 1.82. The van der Waals surface area contributed by atoms with E-state index in [0.29, 0.717) is 5.56 Å². The van der Waals surface area contributed by atoms with Gasteiger partial charge in [-0.2, -0.15) is 5.10 Å². The number of carbonyl (C=O) groups is 2. The van der Waals surface area contributed by atoms with Crippen molar-refractivity contribution in [1.82, 2.24) is 15.5 Å². The van der Waals surface area contributed by atoms with Gasteiger partial charge in [-0.3, -0.25) is 9.89 Å². The Kier molecular flexibility index (Phi) is 4.31. The zero-order valence-electron chi connectivity index (χ0n) is 10.9. The van der Waals surface area contributed by atoms with Crippen LogP contribution in [-0.2, 0) is 9.53 Å². The zero-order valence-corrected chi connectivity index (χ0v) is 10.9. The van der Waals surface area contributed by atoms with Crippen molar-refractivity contribution in [2.75, 3.05) is 13.7 Å². The molecule has 1 amide bonds. The van der Waals surface area contributed by atoms with Gasteiger partial charge in [0.1, 0.15) is 6.04 Å². The lowest BCUT2D eigenvalue weighted by molar-refractivity contribution is -0.139. The molecule has 3 N–H and O–H groups in total. The number of methoxy groups -OCH3 is 1. The number of benzene rings is 1. The molecule has 1 aromatic carbocycles. The predicted octanol–water partition coefficient (Wildman–Crippen LogP) is 0.782. The van der Waals surface area contributed by atoms with E-state index in [9.17, 15) is 9.59 Å². The Morgan fingerprint density at radius 2 is 2.30 bits per heavy atom. The summed E-state index contributed by atoms with van der Waals surface area (Å²) >= 11 is 0. The van der Waals surface area contributed by atoms with Crippen LogP contribution in [0.25, 0.3) is 10.9 Å². The van der Waals surface area contributed by atoms with Crippen LogP contribution < -0.4 is 5.32 Å². The highest BCUT2D eigenvalue weighted by atomic mass is 16.5. The van der Waals surface area contributed by atoms with E-state index in [4.69, 9.17) is 9.84 Å². The lowest BCUT2D eigenvalue weighted by Crippen LogP contribution is -2.41. The number of fused-ring (bicyclic) bond motifs is 1. The second-order valence-electron chi connectivity index (χ2n) is 4.32. The van der Waals surface area contributed by atoms with E-state index in [-0.39, 0.29) is 13.0 Å². The Bertz CT molecular complexity index is 623. The summed E-state index contributed by atoms with van der Waals surface area (Å²) in [4.78, 5) is 23.1. The molecule has 106 valence electrons. The van der Waals surface area contributed by atoms with E-state index >= 15 is 0 Å². The van der Waals surface area contributed by atoms with Crippen molar-refractivity contribution in [3.8, 4) is 0 Å². The van der Waals surface area contributed by atoms with E-state index in [2.05, 4.69) is 15.5 Å². The van der Waals surface area contributed by atoms with Gasteiger partial charge in [0.05, 0.1) is 11.7 Å². The molecule has 1 heterocycles. The molecule has 0 aliphatic heterocycles. The molecule has 1 aromatic heterocycles. The van der Waals surface area contributed by atoms with Gasteiger partial charge in [0, 0.05) is 31.1 Å². The molecule has 0 aliphatic carbocycles. The maximum Gasteiger partial charge on any atom is 0.326 e. The van der Waals surface area contributed by atoms with Gasteiger partial charge < -0.3 is 15.2 Å². The van der Waals surface area contributed by atoms with Crippen molar-refractivity contribution in [1.29, 1.82) is 0 Å². The number of aromatic nitrogens is 2. The molecule has 0 radical (unpaired) electrons. The van der Waals surface area contributed by atoms with Crippen LogP contribution in [0.4, 0.5) is 0 Å². The first-order chi connectivity index (χ1) is 9.61. The summed E-state index contributed by atoms with van der Waals surface area (Å²) in [7, 11) is 1.48. The molecule has 1 atom stereocenters. The Labute approximate surface area is 114 Å². The lowest BCUT2D eigenvalue weighted by Gasteiger charge is -2.14. The van der Waals surface area contributed by atoms with Crippen molar-refractivity contribution < 1.29 is 19.4 Å². The Balaban J connectivity index is 2.10. The van der Waals surface area contributed by atoms with E-state index in [1.165, 1.54) is 7.11 Å². The summed E-state index contributed by atoms with van der Waals surface area (Å²) in [6.45, 7) is 0.262. The van der Waals surface area contributed by atoms with Gasteiger partial charge in [-0.1, -0.05) is 0 Å². The molecule has 7 heteroatoms. The molecular formula is C13H15N3O4. The fourth-order valence-electron chi connectivity index (χ4n) is 1.82. The molecule has 2 rings (SSSR count). The Hall–Kier alpha value is -2.41. The van der Waals surface area contributed by atoms with Crippen LogP contribution in [0.15, 0.2) is 24.4 Å². The van der Waals surface area contributed by atoms with Gasteiger partial charge >= 0.3 is 5.97 Å². The number of aliphatic carboxylic acids is 1. The number of hydrogen-bond acceptors (Lipinski definition) is 4. The van der Waals surface area contributed by atoms with Crippen LogP contribution in [0, 0.1) is 0 Å². The van der Waals surface area contributed by atoms with Crippen molar-refractivity contribution in [2.24, 2.45) is 0 Å². The van der Waals surface area contributed by atoms with E-state index in [1.807, 2.05) is 0 Å². The number of carbonyl (C=O) groups excluding carboxylic acids is 1. The minimum atomic E-state index is -1.08. The maximum absolute atomic E-state index is 12.0. The summed E-state index contributed by atoms with van der Waals surface area (Å²) in [5.41, 5.74) is 1.21. The van der Waals surface area contributed by atoms with Crippen molar-refractivity contribution >= 4 is 22.8 Å². The smallest absolute Gasteiger partial charge is 0.326 e. The molecule has 0 saturated heterocycles. The minimum Gasteiger partial charge on any atom is -0.480 e. The number of H-pyrrole nitrogens is 1. The minimum absolute atomic E-state index is 0.214. The summed E-state index contributed by atoms with van der Waals surface area (Å²) in [5.74, 6) is -1.52. The van der Waals surface area contributed by atoms with Crippen molar-refractivity contribution in [2.45, 2.75) is 12.5 Å². The van der Waals surface area contributed by atoms with Gasteiger partial charge in [-0.15, -0.1) is 0 Å². The molecule has 20 heavy (non-hydrogen) atoms. The first-order valence-corrected chi connectivity index (χ1v) is 6.07. The molecule has 0 saturated carbocycles. The highest BCUT2D eigenvalue weighted by Crippen LogP contribution is 2.13. The highest BCUT2D eigenvalue weighted by Gasteiger charge is 2.20. The van der Waals surface area contributed by atoms with Gasteiger partial charge in [-0.05, 0) is 18.2 Å². The number of nitrogens with zero attached hydrogens (tertiary/aromatic N) is 1. The number of carboxylic acid groups (broad SMARTS) is 1. The predicted molar refractivity (Wildman–Crippen MR) is 71.5 cm³/mol. The molecule has 0 aliphatic rings. The zero-order chi connectivity index (χ0) is 14.5. The van der Waals surface area contributed by atoms with Gasteiger partial charge in [0.15, 0.2) is 0 Å². The lowest BCUT2D eigenvalue weighted by atomic mass is 10.1. The van der Waals surface area contributed by atoms with E-state index in [0.717, 1.165) is 10.9 Å². The van der Waals surface area contributed by atoms with Crippen molar-refractivity contribution in [3.63, 3.8) is 0 Å². The highest BCUT2D eigenvalue weighted by molar-refractivity contribution is 5.99. The molecule has 1 unspecified atom stereocenters. The van der Waals surface area contributed by atoms with Crippen molar-refractivity contribution in [3.05, 3.63) is 30.0 Å². The molecule has 2 aromatic rings. The fraction of sp³-hybridized carbons (Fsp3) is 0.308. The summed E-state index contributed by atoms with van der Waals surface area (Å²) in [6, 6.07) is 4.03. The van der Waals surface area contributed by atoms with Crippen LogP contribution in [0.2, 0.25) is 0 Å². The SMILES string of the molecule is COCCC(NC(=O)c1ccc2[nH]ncc2c1)C(=O)O. The number of hydrogen-bond donors (Lipinski definition) is 3.